The number of likely N-dealkylation sites (N-methyl/N-ethyl adjacent to an activating group) is 1. The molecule has 19 heavy (non-hydrogen) atoms. The SMILES string of the molecule is CN(CC1CNC(=O)O1)C1(CC(=O)O)CCCCC1. The summed E-state index contributed by atoms with van der Waals surface area (Å²) in [5.74, 6) is -0.754. The third-order valence-electron chi connectivity index (χ3n) is 4.30. The zero-order valence-electron chi connectivity index (χ0n) is 11.4. The minimum absolute atomic E-state index is 0.164. The van der Waals surface area contributed by atoms with Crippen LogP contribution in [0.3, 0.4) is 0 Å². The molecular weight excluding hydrogens is 248 g/mol. The summed E-state index contributed by atoms with van der Waals surface area (Å²) in [6.45, 7) is 1.10. The molecule has 0 aromatic carbocycles. The van der Waals surface area contributed by atoms with Crippen molar-refractivity contribution in [1.29, 1.82) is 0 Å². The molecule has 2 fully saturated rings. The fourth-order valence-electron chi connectivity index (χ4n) is 3.22. The number of amides is 1. The molecule has 0 radical (unpaired) electrons. The molecule has 1 amide bonds. The molecular formula is C13H22N2O4. The first-order valence-electron chi connectivity index (χ1n) is 6.89. The molecule has 1 heterocycles. The molecule has 1 unspecified atom stereocenters. The minimum atomic E-state index is -0.754. The number of nitrogens with one attached hydrogen (secondary N) is 1. The second-order valence-corrected chi connectivity index (χ2v) is 5.64. The summed E-state index contributed by atoms with van der Waals surface area (Å²) in [4.78, 5) is 24.3. The molecule has 1 saturated heterocycles. The van der Waals surface area contributed by atoms with Crippen LogP contribution in [-0.4, -0.2) is 53.8 Å². The lowest BCUT2D eigenvalue weighted by Gasteiger charge is -2.44. The number of alkyl carbamates (subject to hydrolysis) is 1. The van der Waals surface area contributed by atoms with Gasteiger partial charge in [0, 0.05) is 12.1 Å². The van der Waals surface area contributed by atoms with Gasteiger partial charge in [-0.3, -0.25) is 9.69 Å². The smallest absolute Gasteiger partial charge is 0.407 e. The number of carbonyl (C=O) groups is 2. The number of carbonyl (C=O) groups excluding carboxylic acids is 1. The third-order valence-corrected chi connectivity index (χ3v) is 4.30. The van der Waals surface area contributed by atoms with Gasteiger partial charge in [0.1, 0.15) is 6.10 Å². The van der Waals surface area contributed by atoms with Crippen LogP contribution in [0.4, 0.5) is 4.79 Å². The average molecular weight is 270 g/mol. The summed E-state index contributed by atoms with van der Waals surface area (Å²) in [6.07, 6.45) is 4.74. The maximum absolute atomic E-state index is 11.1. The van der Waals surface area contributed by atoms with Crippen LogP contribution in [0.1, 0.15) is 38.5 Å². The van der Waals surface area contributed by atoms with Crippen molar-refractivity contribution >= 4 is 12.1 Å². The lowest BCUT2D eigenvalue weighted by molar-refractivity contribution is -0.141. The Morgan fingerprint density at radius 2 is 2.16 bits per heavy atom. The Balaban J connectivity index is 2.00. The predicted molar refractivity (Wildman–Crippen MR) is 69.0 cm³/mol. The van der Waals surface area contributed by atoms with E-state index in [0.717, 1.165) is 25.7 Å². The van der Waals surface area contributed by atoms with Crippen molar-refractivity contribution in [3.8, 4) is 0 Å². The predicted octanol–water partition coefficient (Wildman–Crippen LogP) is 1.20. The molecule has 1 aliphatic heterocycles. The summed E-state index contributed by atoms with van der Waals surface area (Å²) >= 11 is 0. The lowest BCUT2D eigenvalue weighted by Crippen LogP contribution is -2.52. The van der Waals surface area contributed by atoms with E-state index in [4.69, 9.17) is 9.84 Å². The van der Waals surface area contributed by atoms with Gasteiger partial charge in [0.2, 0.25) is 0 Å². The van der Waals surface area contributed by atoms with Gasteiger partial charge in [-0.15, -0.1) is 0 Å². The molecule has 2 rings (SSSR count). The highest BCUT2D eigenvalue weighted by Gasteiger charge is 2.39. The zero-order chi connectivity index (χ0) is 13.9. The van der Waals surface area contributed by atoms with Gasteiger partial charge in [0.25, 0.3) is 0 Å². The average Bonchev–Trinajstić information content (AvgIpc) is 2.75. The highest BCUT2D eigenvalue weighted by molar-refractivity contribution is 5.69. The quantitative estimate of drug-likeness (QED) is 0.785. The molecule has 1 aliphatic carbocycles. The standard InChI is InChI=1S/C13H22N2O4/c1-15(9-10-8-14-12(18)19-10)13(7-11(16)17)5-3-2-4-6-13/h10H,2-9H2,1H3,(H,14,18)(H,16,17). The van der Waals surface area contributed by atoms with Gasteiger partial charge in [-0.1, -0.05) is 19.3 Å². The summed E-state index contributed by atoms with van der Waals surface area (Å²) in [7, 11) is 1.94. The van der Waals surface area contributed by atoms with E-state index in [2.05, 4.69) is 10.2 Å². The number of carboxylic acid groups (broad SMARTS) is 1. The van der Waals surface area contributed by atoms with E-state index < -0.39 is 5.97 Å². The lowest BCUT2D eigenvalue weighted by atomic mass is 9.78. The Hall–Kier alpha value is -1.30. The topological polar surface area (TPSA) is 78.9 Å². The highest BCUT2D eigenvalue weighted by Crippen LogP contribution is 2.36. The van der Waals surface area contributed by atoms with E-state index in [1.807, 2.05) is 7.05 Å². The van der Waals surface area contributed by atoms with Crippen molar-refractivity contribution in [2.75, 3.05) is 20.1 Å². The largest absolute Gasteiger partial charge is 0.481 e. The van der Waals surface area contributed by atoms with Crippen molar-refractivity contribution < 1.29 is 19.4 Å². The fourth-order valence-corrected chi connectivity index (χ4v) is 3.22. The number of aliphatic carboxylic acids is 1. The van der Waals surface area contributed by atoms with Crippen molar-refractivity contribution in [3.05, 3.63) is 0 Å². The number of cyclic esters (lactones) is 1. The van der Waals surface area contributed by atoms with Crippen LogP contribution in [0.2, 0.25) is 0 Å². The molecule has 0 aromatic rings. The maximum Gasteiger partial charge on any atom is 0.407 e. The van der Waals surface area contributed by atoms with Crippen LogP contribution in [0, 0.1) is 0 Å². The first-order valence-corrected chi connectivity index (χ1v) is 6.89. The van der Waals surface area contributed by atoms with Crippen LogP contribution in [0.5, 0.6) is 0 Å². The van der Waals surface area contributed by atoms with Gasteiger partial charge in [-0.25, -0.2) is 4.79 Å². The van der Waals surface area contributed by atoms with Gasteiger partial charge in [0.05, 0.1) is 13.0 Å². The molecule has 2 aliphatic rings. The number of rotatable bonds is 5. The molecule has 6 nitrogen and oxygen atoms in total. The second kappa shape index (κ2) is 5.77. The van der Waals surface area contributed by atoms with Crippen molar-refractivity contribution in [1.82, 2.24) is 10.2 Å². The minimum Gasteiger partial charge on any atom is -0.481 e. The fraction of sp³-hybridized carbons (Fsp3) is 0.846. The molecule has 2 N–H and O–H groups in total. The van der Waals surface area contributed by atoms with E-state index in [1.54, 1.807) is 0 Å². The molecule has 108 valence electrons. The number of hydrogen-bond acceptors (Lipinski definition) is 4. The van der Waals surface area contributed by atoms with Gasteiger partial charge >= 0.3 is 12.1 Å². The van der Waals surface area contributed by atoms with Gasteiger partial charge in [0.15, 0.2) is 0 Å². The van der Waals surface area contributed by atoms with E-state index >= 15 is 0 Å². The van der Waals surface area contributed by atoms with Crippen LogP contribution < -0.4 is 5.32 Å². The van der Waals surface area contributed by atoms with E-state index in [-0.39, 0.29) is 24.2 Å². The van der Waals surface area contributed by atoms with E-state index in [1.165, 1.54) is 6.42 Å². The third kappa shape index (κ3) is 3.37. The van der Waals surface area contributed by atoms with Crippen molar-refractivity contribution in [2.24, 2.45) is 0 Å². The molecule has 1 saturated carbocycles. The monoisotopic (exact) mass is 270 g/mol. The zero-order valence-corrected chi connectivity index (χ0v) is 11.4. The van der Waals surface area contributed by atoms with Gasteiger partial charge in [-0.2, -0.15) is 0 Å². The van der Waals surface area contributed by atoms with Crippen LogP contribution in [0.25, 0.3) is 0 Å². The normalized spacial score (nSPS) is 26.0. The molecule has 1 atom stereocenters. The van der Waals surface area contributed by atoms with Crippen LogP contribution in [0.15, 0.2) is 0 Å². The van der Waals surface area contributed by atoms with Gasteiger partial charge < -0.3 is 15.2 Å². The first kappa shape index (κ1) is 14.1. The Bertz CT molecular complexity index is 353. The first-order chi connectivity index (χ1) is 9.02. The number of nitrogens with zero attached hydrogens (tertiary/aromatic N) is 1. The summed E-state index contributed by atoms with van der Waals surface area (Å²) in [5, 5.41) is 11.8. The number of hydrogen-bond donors (Lipinski definition) is 2. The number of carboxylic acids is 1. The van der Waals surface area contributed by atoms with Crippen LogP contribution >= 0.6 is 0 Å². The number of ether oxygens (including phenoxy) is 1. The summed E-state index contributed by atoms with van der Waals surface area (Å²) < 4.78 is 5.13. The Morgan fingerprint density at radius 3 is 2.68 bits per heavy atom. The van der Waals surface area contributed by atoms with E-state index in [9.17, 15) is 9.59 Å². The Morgan fingerprint density at radius 1 is 1.47 bits per heavy atom. The van der Waals surface area contributed by atoms with Crippen molar-refractivity contribution in [3.63, 3.8) is 0 Å². The summed E-state index contributed by atoms with van der Waals surface area (Å²) in [5.41, 5.74) is -0.279. The second-order valence-electron chi connectivity index (χ2n) is 5.64. The molecule has 0 spiro atoms. The molecule has 6 heteroatoms. The van der Waals surface area contributed by atoms with E-state index in [0.29, 0.717) is 13.1 Å². The molecule has 0 aromatic heterocycles. The maximum atomic E-state index is 11.1. The van der Waals surface area contributed by atoms with Crippen LogP contribution in [-0.2, 0) is 9.53 Å². The van der Waals surface area contributed by atoms with Gasteiger partial charge in [-0.05, 0) is 19.9 Å². The Kier molecular flexibility index (Phi) is 4.29. The Labute approximate surface area is 113 Å². The van der Waals surface area contributed by atoms with Crippen molar-refractivity contribution in [2.45, 2.75) is 50.2 Å². The summed E-state index contributed by atoms with van der Waals surface area (Å²) in [6, 6.07) is 0. The molecule has 0 bridgehead atoms. The highest BCUT2D eigenvalue weighted by atomic mass is 16.6.